The second kappa shape index (κ2) is 8.57. The minimum Gasteiger partial charge on any atom is -0.450 e. The molecule has 9 heteroatoms. The van der Waals surface area contributed by atoms with Crippen LogP contribution < -0.4 is 10.1 Å². The van der Waals surface area contributed by atoms with E-state index < -0.39 is 15.5 Å². The lowest BCUT2D eigenvalue weighted by Gasteiger charge is -2.11. The third kappa shape index (κ3) is 4.99. The second-order valence-electron chi connectivity index (χ2n) is 6.23. The molecule has 0 spiro atoms. The van der Waals surface area contributed by atoms with Crippen LogP contribution in [-0.2, 0) is 6.54 Å². The Balaban J connectivity index is 1.71. The average Bonchev–Trinajstić information content (AvgIpc) is 2.69. The fourth-order valence-corrected chi connectivity index (χ4v) is 2.80. The Kier molecular flexibility index (Phi) is 5.94. The number of benzene rings is 3. The molecular formula is C20H16ClN3O5. The molecule has 1 N–H and O–H groups in total. The van der Waals surface area contributed by atoms with Crippen LogP contribution in [0.2, 0.25) is 5.02 Å². The van der Waals surface area contributed by atoms with Crippen molar-refractivity contribution in [1.82, 2.24) is 0 Å². The molecule has 0 aliphatic carbocycles. The van der Waals surface area contributed by atoms with Gasteiger partial charge < -0.3 is 10.1 Å². The summed E-state index contributed by atoms with van der Waals surface area (Å²) in [6.45, 7) is 2.53. The number of nitro groups is 2. The van der Waals surface area contributed by atoms with Crippen molar-refractivity contribution < 1.29 is 14.6 Å². The molecule has 3 rings (SSSR count). The van der Waals surface area contributed by atoms with Gasteiger partial charge in [0.05, 0.1) is 15.9 Å². The predicted octanol–water partition coefficient (Wildman–Crippen LogP) is 5.87. The molecule has 8 nitrogen and oxygen atoms in total. The van der Waals surface area contributed by atoms with E-state index in [1.807, 2.05) is 37.3 Å². The number of aryl methyl sites for hydroxylation is 1. The lowest BCUT2D eigenvalue weighted by Crippen LogP contribution is -2.01. The number of nitrogens with zero attached hydrogens (tertiary/aromatic N) is 2. The van der Waals surface area contributed by atoms with Crippen LogP contribution in [0.25, 0.3) is 0 Å². The van der Waals surface area contributed by atoms with E-state index in [2.05, 4.69) is 5.32 Å². The van der Waals surface area contributed by atoms with Crippen molar-refractivity contribution in [3.63, 3.8) is 0 Å². The zero-order valence-corrected chi connectivity index (χ0v) is 16.1. The topological polar surface area (TPSA) is 108 Å². The number of anilines is 1. The number of nitrogens with one attached hydrogen (secondary N) is 1. The van der Waals surface area contributed by atoms with Crippen molar-refractivity contribution in [2.24, 2.45) is 0 Å². The van der Waals surface area contributed by atoms with Gasteiger partial charge in [-0.15, -0.1) is 0 Å². The van der Waals surface area contributed by atoms with E-state index in [0.29, 0.717) is 17.3 Å². The summed E-state index contributed by atoms with van der Waals surface area (Å²) in [6, 6.07) is 15.8. The van der Waals surface area contributed by atoms with Gasteiger partial charge >= 0.3 is 5.69 Å². The quantitative estimate of drug-likeness (QED) is 0.383. The first-order valence-corrected chi connectivity index (χ1v) is 8.91. The first-order valence-electron chi connectivity index (χ1n) is 8.53. The second-order valence-corrected chi connectivity index (χ2v) is 6.66. The number of rotatable bonds is 7. The number of hydrogen-bond donors (Lipinski definition) is 1. The molecule has 0 saturated heterocycles. The van der Waals surface area contributed by atoms with Gasteiger partial charge in [-0.3, -0.25) is 20.2 Å². The Bertz CT molecular complexity index is 1070. The summed E-state index contributed by atoms with van der Waals surface area (Å²) in [5.74, 6) is 0.311. The highest BCUT2D eigenvalue weighted by Gasteiger charge is 2.21. The zero-order chi connectivity index (χ0) is 21.0. The van der Waals surface area contributed by atoms with Gasteiger partial charge in [-0.05, 0) is 48.4 Å². The highest BCUT2D eigenvalue weighted by atomic mass is 35.5. The van der Waals surface area contributed by atoms with Crippen LogP contribution in [0, 0.1) is 27.2 Å². The third-order valence-corrected chi connectivity index (χ3v) is 4.42. The van der Waals surface area contributed by atoms with E-state index in [9.17, 15) is 20.2 Å². The SMILES string of the molecule is Cc1ccc(Cl)cc1NCc1ccc(Oc2ccc([N+](=O)[O-])cc2[N+](=O)[O-])cc1. The van der Waals surface area contributed by atoms with E-state index in [4.69, 9.17) is 16.3 Å². The Morgan fingerprint density at radius 1 is 0.966 bits per heavy atom. The minimum atomic E-state index is -0.714. The molecule has 148 valence electrons. The fraction of sp³-hybridized carbons (Fsp3) is 0.100. The smallest absolute Gasteiger partial charge is 0.318 e. The Labute approximate surface area is 171 Å². The summed E-state index contributed by atoms with van der Waals surface area (Å²) >= 11 is 6.02. The summed E-state index contributed by atoms with van der Waals surface area (Å²) in [5, 5.41) is 26.0. The number of halogens is 1. The van der Waals surface area contributed by atoms with E-state index in [1.165, 1.54) is 6.07 Å². The Morgan fingerprint density at radius 3 is 2.34 bits per heavy atom. The van der Waals surface area contributed by atoms with Crippen molar-refractivity contribution in [3.05, 3.63) is 97.0 Å². The average molecular weight is 414 g/mol. The zero-order valence-electron chi connectivity index (χ0n) is 15.3. The molecule has 0 heterocycles. The van der Waals surface area contributed by atoms with Gasteiger partial charge in [0.1, 0.15) is 5.75 Å². The molecule has 0 aromatic heterocycles. The lowest BCUT2D eigenvalue weighted by atomic mass is 10.1. The maximum absolute atomic E-state index is 11.2. The molecule has 0 atom stereocenters. The molecule has 0 radical (unpaired) electrons. The summed E-state index contributed by atoms with van der Waals surface area (Å²) < 4.78 is 5.56. The summed E-state index contributed by atoms with van der Waals surface area (Å²) in [5.41, 5.74) is 2.12. The predicted molar refractivity (Wildman–Crippen MR) is 110 cm³/mol. The van der Waals surface area contributed by atoms with Gasteiger partial charge in [0, 0.05) is 23.3 Å². The van der Waals surface area contributed by atoms with Gasteiger partial charge in [0.2, 0.25) is 5.75 Å². The minimum absolute atomic E-state index is 0.0685. The molecule has 3 aromatic rings. The largest absolute Gasteiger partial charge is 0.450 e. The highest BCUT2D eigenvalue weighted by molar-refractivity contribution is 6.30. The Morgan fingerprint density at radius 2 is 1.69 bits per heavy atom. The van der Waals surface area contributed by atoms with Crippen molar-refractivity contribution in [2.45, 2.75) is 13.5 Å². The lowest BCUT2D eigenvalue weighted by molar-refractivity contribution is -0.394. The number of nitro benzene ring substituents is 2. The first-order chi connectivity index (χ1) is 13.8. The molecule has 0 bridgehead atoms. The molecule has 0 fully saturated rings. The van der Waals surface area contributed by atoms with Gasteiger partial charge in [0.15, 0.2) is 0 Å². The first kappa shape index (κ1) is 20.1. The van der Waals surface area contributed by atoms with Gasteiger partial charge in [-0.1, -0.05) is 29.8 Å². The van der Waals surface area contributed by atoms with E-state index >= 15 is 0 Å². The van der Waals surface area contributed by atoms with Crippen LogP contribution in [0.3, 0.4) is 0 Å². The maximum atomic E-state index is 11.2. The van der Waals surface area contributed by atoms with Crippen LogP contribution in [0.1, 0.15) is 11.1 Å². The molecule has 0 unspecified atom stereocenters. The van der Waals surface area contributed by atoms with E-state index in [1.54, 1.807) is 12.1 Å². The van der Waals surface area contributed by atoms with E-state index in [-0.39, 0.29) is 11.4 Å². The van der Waals surface area contributed by atoms with Crippen LogP contribution >= 0.6 is 11.6 Å². The van der Waals surface area contributed by atoms with Crippen molar-refractivity contribution in [1.29, 1.82) is 0 Å². The number of hydrogen-bond acceptors (Lipinski definition) is 6. The van der Waals surface area contributed by atoms with Gasteiger partial charge in [0.25, 0.3) is 5.69 Å². The number of non-ortho nitro benzene ring substituents is 1. The monoisotopic (exact) mass is 413 g/mol. The molecule has 0 aliphatic heterocycles. The summed E-state index contributed by atoms with van der Waals surface area (Å²) in [6.07, 6.45) is 0. The molecule has 0 amide bonds. The van der Waals surface area contributed by atoms with Crippen molar-refractivity contribution in [2.75, 3.05) is 5.32 Å². The number of ether oxygens (including phenoxy) is 1. The van der Waals surface area contributed by atoms with E-state index in [0.717, 1.165) is 28.9 Å². The van der Waals surface area contributed by atoms with Crippen LogP contribution in [0.5, 0.6) is 11.5 Å². The Hall–Kier alpha value is -3.65. The molecular weight excluding hydrogens is 398 g/mol. The summed E-state index contributed by atoms with van der Waals surface area (Å²) in [7, 11) is 0. The third-order valence-electron chi connectivity index (χ3n) is 4.18. The summed E-state index contributed by atoms with van der Waals surface area (Å²) in [4.78, 5) is 20.6. The van der Waals surface area contributed by atoms with Crippen LogP contribution in [0.4, 0.5) is 17.1 Å². The van der Waals surface area contributed by atoms with Gasteiger partial charge in [-0.2, -0.15) is 0 Å². The maximum Gasteiger partial charge on any atom is 0.318 e. The standard InChI is InChI=1S/C20H16ClN3O5/c1-13-2-5-15(21)10-18(13)22-12-14-3-7-17(8-4-14)29-20-9-6-16(23(25)26)11-19(20)24(27)28/h2-11,22H,12H2,1H3. The highest BCUT2D eigenvalue weighted by Crippen LogP contribution is 2.34. The van der Waals surface area contributed by atoms with Gasteiger partial charge in [-0.25, -0.2) is 0 Å². The van der Waals surface area contributed by atoms with Crippen molar-refractivity contribution in [3.8, 4) is 11.5 Å². The normalized spacial score (nSPS) is 10.4. The van der Waals surface area contributed by atoms with Crippen LogP contribution in [0.15, 0.2) is 60.7 Å². The molecule has 3 aromatic carbocycles. The molecule has 0 saturated carbocycles. The molecule has 0 aliphatic rings. The van der Waals surface area contributed by atoms with Crippen LogP contribution in [-0.4, -0.2) is 9.85 Å². The fourth-order valence-electron chi connectivity index (χ4n) is 2.63. The molecule has 29 heavy (non-hydrogen) atoms. The van der Waals surface area contributed by atoms with Crippen molar-refractivity contribution >= 4 is 28.7 Å².